The lowest BCUT2D eigenvalue weighted by Gasteiger charge is -2.13. The number of anilines is 1. The highest BCUT2D eigenvalue weighted by atomic mass is 79.9. The molecule has 8 heteroatoms. The lowest BCUT2D eigenvalue weighted by Crippen LogP contribution is -2.21. The lowest BCUT2D eigenvalue weighted by molar-refractivity contribution is -0.119. The smallest absolute Gasteiger partial charge is 0.341 e. The Morgan fingerprint density at radius 1 is 1.04 bits per heavy atom. The van der Waals surface area contributed by atoms with E-state index < -0.39 is 24.3 Å². The van der Waals surface area contributed by atoms with Crippen LogP contribution in [0.2, 0.25) is 0 Å². The number of nitrogens with one attached hydrogen (secondary N) is 1. The molecule has 1 amide bonds. The molecule has 0 heterocycles. The average Bonchev–Trinajstić information content (AvgIpc) is 2.62. The van der Waals surface area contributed by atoms with Crippen LogP contribution in [0.25, 0.3) is 0 Å². The number of amides is 1. The molecule has 2 rings (SSSR count). The predicted molar refractivity (Wildman–Crippen MR) is 102 cm³/mol. The van der Waals surface area contributed by atoms with E-state index in [1.54, 1.807) is 18.2 Å². The maximum atomic E-state index is 13.7. The molecule has 0 atom stereocenters. The first-order valence-corrected chi connectivity index (χ1v) is 9.05. The highest BCUT2D eigenvalue weighted by molar-refractivity contribution is 9.10. The van der Waals surface area contributed by atoms with Gasteiger partial charge in [0.25, 0.3) is 5.91 Å². The fourth-order valence-corrected chi connectivity index (χ4v) is 2.52. The summed E-state index contributed by atoms with van der Waals surface area (Å²) in [6.07, 6.45) is 0. The van der Waals surface area contributed by atoms with Gasteiger partial charge in [0.15, 0.2) is 18.1 Å². The van der Waals surface area contributed by atoms with Crippen LogP contribution in [0.15, 0.2) is 40.9 Å². The molecular weight excluding hydrogens is 421 g/mol. The molecule has 2 aromatic rings. The number of halogens is 2. The van der Waals surface area contributed by atoms with Gasteiger partial charge in [-0.05, 0) is 44.2 Å². The molecule has 0 saturated heterocycles. The molecule has 0 aliphatic carbocycles. The molecule has 144 valence electrons. The second kappa shape index (κ2) is 9.91. The van der Waals surface area contributed by atoms with Crippen molar-refractivity contribution in [1.82, 2.24) is 0 Å². The molecule has 6 nitrogen and oxygen atoms in total. The van der Waals surface area contributed by atoms with Crippen LogP contribution in [-0.2, 0) is 9.53 Å². The van der Waals surface area contributed by atoms with Gasteiger partial charge in [0.05, 0.1) is 18.8 Å². The van der Waals surface area contributed by atoms with Crippen LogP contribution < -0.4 is 14.8 Å². The van der Waals surface area contributed by atoms with Gasteiger partial charge >= 0.3 is 5.97 Å². The molecule has 0 aromatic heterocycles. The van der Waals surface area contributed by atoms with Gasteiger partial charge in [-0.1, -0.05) is 15.9 Å². The van der Waals surface area contributed by atoms with Crippen LogP contribution in [-0.4, -0.2) is 31.7 Å². The number of ether oxygens (including phenoxy) is 3. The first kappa shape index (κ1) is 20.7. The quantitative estimate of drug-likeness (QED) is 0.624. The summed E-state index contributed by atoms with van der Waals surface area (Å²) in [5.74, 6) is -1.16. The van der Waals surface area contributed by atoms with Crippen molar-refractivity contribution in [3.8, 4) is 11.5 Å². The van der Waals surface area contributed by atoms with Crippen LogP contribution in [0.5, 0.6) is 11.5 Å². The van der Waals surface area contributed by atoms with E-state index in [-0.39, 0.29) is 5.56 Å². The fraction of sp³-hybridized carbons (Fsp3) is 0.263. The van der Waals surface area contributed by atoms with Crippen molar-refractivity contribution in [2.45, 2.75) is 13.8 Å². The van der Waals surface area contributed by atoms with E-state index in [2.05, 4.69) is 21.2 Å². The van der Waals surface area contributed by atoms with Crippen LogP contribution in [0.3, 0.4) is 0 Å². The normalized spacial score (nSPS) is 10.2. The number of benzene rings is 2. The van der Waals surface area contributed by atoms with Crippen molar-refractivity contribution in [3.05, 3.63) is 52.3 Å². The number of rotatable bonds is 8. The topological polar surface area (TPSA) is 73.9 Å². The van der Waals surface area contributed by atoms with Crippen molar-refractivity contribution < 1.29 is 28.2 Å². The highest BCUT2D eigenvalue weighted by Crippen LogP contribution is 2.30. The van der Waals surface area contributed by atoms with Gasteiger partial charge in [0, 0.05) is 16.2 Å². The van der Waals surface area contributed by atoms with E-state index >= 15 is 0 Å². The summed E-state index contributed by atoms with van der Waals surface area (Å²) >= 11 is 3.10. The number of hydrogen-bond acceptors (Lipinski definition) is 5. The van der Waals surface area contributed by atoms with E-state index in [0.717, 1.165) is 6.07 Å². The largest absolute Gasteiger partial charge is 0.490 e. The monoisotopic (exact) mass is 439 g/mol. The van der Waals surface area contributed by atoms with E-state index in [9.17, 15) is 14.0 Å². The second-order valence-corrected chi connectivity index (χ2v) is 6.19. The van der Waals surface area contributed by atoms with Crippen LogP contribution in [0.1, 0.15) is 24.2 Å². The van der Waals surface area contributed by atoms with E-state index in [1.807, 2.05) is 13.8 Å². The highest BCUT2D eigenvalue weighted by Gasteiger charge is 2.15. The van der Waals surface area contributed by atoms with Crippen molar-refractivity contribution >= 4 is 33.5 Å². The Morgan fingerprint density at radius 3 is 2.41 bits per heavy atom. The number of esters is 1. The zero-order chi connectivity index (χ0) is 19.8. The van der Waals surface area contributed by atoms with Crippen LogP contribution >= 0.6 is 15.9 Å². The van der Waals surface area contributed by atoms with Gasteiger partial charge in [0.1, 0.15) is 5.82 Å². The minimum atomic E-state index is -0.920. The van der Waals surface area contributed by atoms with Crippen molar-refractivity contribution in [2.24, 2.45) is 0 Å². The van der Waals surface area contributed by atoms with E-state index in [1.165, 1.54) is 12.1 Å². The average molecular weight is 440 g/mol. The minimum absolute atomic E-state index is 0.245. The Bertz CT molecular complexity index is 828. The fourth-order valence-electron chi connectivity index (χ4n) is 2.19. The molecule has 0 saturated carbocycles. The molecule has 2 aromatic carbocycles. The maximum absolute atomic E-state index is 13.7. The molecule has 0 fully saturated rings. The molecule has 0 radical (unpaired) electrons. The van der Waals surface area contributed by atoms with Gasteiger partial charge in [0.2, 0.25) is 0 Å². The zero-order valence-electron chi connectivity index (χ0n) is 14.9. The third-order valence-corrected chi connectivity index (χ3v) is 3.81. The number of carbonyl (C=O) groups excluding carboxylic acids is 2. The van der Waals surface area contributed by atoms with E-state index in [0.29, 0.717) is 34.9 Å². The Morgan fingerprint density at radius 2 is 1.74 bits per heavy atom. The number of hydrogen-bond donors (Lipinski definition) is 1. The molecule has 0 aliphatic rings. The predicted octanol–water partition coefficient (Wildman–Crippen LogP) is 4.18. The Kier molecular flexibility index (Phi) is 7.60. The summed E-state index contributed by atoms with van der Waals surface area (Å²) in [4.78, 5) is 23.9. The number of carbonyl (C=O) groups is 2. The second-order valence-electron chi connectivity index (χ2n) is 5.28. The first-order valence-electron chi connectivity index (χ1n) is 8.26. The van der Waals surface area contributed by atoms with Crippen LogP contribution in [0, 0.1) is 5.82 Å². The van der Waals surface area contributed by atoms with Gasteiger partial charge in [-0.2, -0.15) is 0 Å². The van der Waals surface area contributed by atoms with Crippen molar-refractivity contribution in [1.29, 1.82) is 0 Å². The third-order valence-electron chi connectivity index (χ3n) is 3.31. The van der Waals surface area contributed by atoms with Gasteiger partial charge in [-0.3, -0.25) is 4.79 Å². The SMILES string of the molecule is CCOc1ccc(NC(=O)COC(=O)c2ccc(Br)cc2F)cc1OCC. The standard InChI is InChI=1S/C19H19BrFNO5/c1-3-25-16-8-6-13(10-17(16)26-4-2)22-18(23)11-27-19(24)14-7-5-12(20)9-15(14)21/h5-10H,3-4,11H2,1-2H3,(H,22,23). The summed E-state index contributed by atoms with van der Waals surface area (Å²) in [6.45, 7) is 4.06. The summed E-state index contributed by atoms with van der Waals surface area (Å²) < 4.78 is 30.0. The maximum Gasteiger partial charge on any atom is 0.341 e. The third kappa shape index (κ3) is 5.96. The molecule has 0 spiro atoms. The summed E-state index contributed by atoms with van der Waals surface area (Å²) in [6, 6.07) is 8.86. The summed E-state index contributed by atoms with van der Waals surface area (Å²) in [7, 11) is 0. The molecule has 0 aliphatic heterocycles. The summed E-state index contributed by atoms with van der Waals surface area (Å²) in [5, 5.41) is 2.59. The minimum Gasteiger partial charge on any atom is -0.490 e. The Labute approximate surface area is 164 Å². The molecule has 1 N–H and O–H groups in total. The zero-order valence-corrected chi connectivity index (χ0v) is 16.5. The first-order chi connectivity index (χ1) is 12.9. The van der Waals surface area contributed by atoms with Crippen molar-refractivity contribution in [3.63, 3.8) is 0 Å². The van der Waals surface area contributed by atoms with Crippen LogP contribution in [0.4, 0.5) is 10.1 Å². The molecule has 0 unspecified atom stereocenters. The van der Waals surface area contributed by atoms with E-state index in [4.69, 9.17) is 14.2 Å². The lowest BCUT2D eigenvalue weighted by atomic mass is 10.2. The summed E-state index contributed by atoms with van der Waals surface area (Å²) in [5.41, 5.74) is 0.212. The van der Waals surface area contributed by atoms with Gasteiger partial charge < -0.3 is 19.5 Å². The van der Waals surface area contributed by atoms with Gasteiger partial charge in [-0.25, -0.2) is 9.18 Å². The molecule has 27 heavy (non-hydrogen) atoms. The Balaban J connectivity index is 1.97. The molecule has 0 bridgehead atoms. The van der Waals surface area contributed by atoms with Gasteiger partial charge in [-0.15, -0.1) is 0 Å². The molecular formula is C19H19BrFNO5. The van der Waals surface area contributed by atoms with Crippen molar-refractivity contribution in [2.75, 3.05) is 25.1 Å². The Hall–Kier alpha value is -2.61.